The molecule has 0 amide bonds. The summed E-state index contributed by atoms with van der Waals surface area (Å²) in [4.78, 5) is 14.2. The lowest BCUT2D eigenvalue weighted by Gasteiger charge is -2.36. The van der Waals surface area contributed by atoms with Crippen LogP contribution in [0.25, 0.3) is 11.1 Å². The quantitative estimate of drug-likeness (QED) is 0.459. The maximum Gasteiger partial charge on any atom is 0.338 e. The molecule has 1 heterocycles. The van der Waals surface area contributed by atoms with E-state index < -0.39 is 6.10 Å². The third-order valence-corrected chi connectivity index (χ3v) is 6.42. The lowest BCUT2D eigenvalue weighted by molar-refractivity contribution is 0.0526. The number of nitrogens with zero attached hydrogens (tertiary/aromatic N) is 1. The number of esters is 1. The summed E-state index contributed by atoms with van der Waals surface area (Å²) >= 11 is 6.05. The number of halogens is 1. The van der Waals surface area contributed by atoms with Crippen molar-refractivity contribution >= 4 is 23.3 Å². The van der Waals surface area contributed by atoms with E-state index in [1.54, 1.807) is 6.92 Å². The van der Waals surface area contributed by atoms with Crippen LogP contribution in [0, 0.1) is 5.92 Å². The van der Waals surface area contributed by atoms with Gasteiger partial charge in [-0.05, 0) is 78.8 Å². The van der Waals surface area contributed by atoms with E-state index in [-0.39, 0.29) is 11.9 Å². The summed E-state index contributed by atoms with van der Waals surface area (Å²) in [6.07, 6.45) is 1.28. The maximum absolute atomic E-state index is 11.9. The molecule has 4 nitrogen and oxygen atoms in total. The van der Waals surface area contributed by atoms with Gasteiger partial charge in [0.1, 0.15) is 0 Å². The smallest absolute Gasteiger partial charge is 0.338 e. The first-order chi connectivity index (χ1) is 15.6. The zero-order chi connectivity index (χ0) is 22.5. The van der Waals surface area contributed by atoms with E-state index in [2.05, 4.69) is 11.0 Å². The number of rotatable bonds is 6. The molecule has 4 rings (SSSR count). The minimum atomic E-state index is -0.518. The van der Waals surface area contributed by atoms with Crippen LogP contribution in [0.2, 0.25) is 5.02 Å². The Morgan fingerprint density at radius 3 is 2.34 bits per heavy atom. The average molecular weight is 450 g/mol. The summed E-state index contributed by atoms with van der Waals surface area (Å²) in [6.45, 7) is 3.91. The molecule has 5 heteroatoms. The standard InChI is InChI=1S/C27H28ClNO3/c1-2-32-27(31)21-9-13-23(14-10-21)29-17-15-20(16-18-29)26(30)25-6-4-3-5-24(25)19-7-11-22(28)12-8-19/h3-14,20,26,30H,2,15-18H2,1H3. The minimum absolute atomic E-state index is 0.193. The number of hydrogen-bond donors (Lipinski definition) is 1. The second-order valence-electron chi connectivity index (χ2n) is 8.13. The largest absolute Gasteiger partial charge is 0.462 e. The van der Waals surface area contributed by atoms with Gasteiger partial charge in [0.25, 0.3) is 0 Å². The number of anilines is 1. The Hall–Kier alpha value is -2.82. The SMILES string of the molecule is CCOC(=O)c1ccc(N2CCC(C(O)c3ccccc3-c3ccc(Cl)cc3)CC2)cc1. The maximum atomic E-state index is 11.9. The predicted octanol–water partition coefficient (Wildman–Crippen LogP) is 6.13. The Morgan fingerprint density at radius 1 is 1.03 bits per heavy atom. The summed E-state index contributed by atoms with van der Waals surface area (Å²) in [6, 6.07) is 23.4. The van der Waals surface area contributed by atoms with Crippen LogP contribution in [0.4, 0.5) is 5.69 Å². The van der Waals surface area contributed by atoms with Crippen LogP contribution in [-0.4, -0.2) is 30.8 Å². The first-order valence-corrected chi connectivity index (χ1v) is 11.5. The van der Waals surface area contributed by atoms with Gasteiger partial charge in [0, 0.05) is 23.8 Å². The first-order valence-electron chi connectivity index (χ1n) is 11.1. The van der Waals surface area contributed by atoms with Crippen molar-refractivity contribution in [1.29, 1.82) is 0 Å². The van der Waals surface area contributed by atoms with E-state index in [4.69, 9.17) is 16.3 Å². The number of carbonyl (C=O) groups is 1. The zero-order valence-electron chi connectivity index (χ0n) is 18.2. The first kappa shape index (κ1) is 22.4. The van der Waals surface area contributed by atoms with Gasteiger partial charge in [-0.3, -0.25) is 0 Å². The highest BCUT2D eigenvalue weighted by atomic mass is 35.5. The van der Waals surface area contributed by atoms with Gasteiger partial charge < -0.3 is 14.7 Å². The van der Waals surface area contributed by atoms with Crippen LogP contribution in [0.15, 0.2) is 72.8 Å². The van der Waals surface area contributed by atoms with Gasteiger partial charge in [0.15, 0.2) is 0 Å². The number of piperidine rings is 1. The molecule has 1 atom stereocenters. The third kappa shape index (κ3) is 4.98. The Balaban J connectivity index is 1.43. The molecule has 1 N–H and O–H groups in total. The molecule has 166 valence electrons. The van der Waals surface area contributed by atoms with E-state index in [1.165, 1.54) is 0 Å². The Bertz CT molecular complexity index is 1040. The summed E-state index contributed by atoms with van der Waals surface area (Å²) in [7, 11) is 0. The third-order valence-electron chi connectivity index (χ3n) is 6.16. The van der Waals surface area contributed by atoms with Gasteiger partial charge in [0.2, 0.25) is 0 Å². The molecule has 1 aliphatic rings. The second kappa shape index (κ2) is 10.2. The van der Waals surface area contributed by atoms with Crippen LogP contribution in [0.5, 0.6) is 0 Å². The molecular formula is C27H28ClNO3. The molecule has 0 spiro atoms. The highest BCUT2D eigenvalue weighted by molar-refractivity contribution is 6.30. The second-order valence-corrected chi connectivity index (χ2v) is 8.57. The van der Waals surface area contributed by atoms with Gasteiger partial charge >= 0.3 is 5.97 Å². The van der Waals surface area contributed by atoms with E-state index in [0.717, 1.165) is 48.3 Å². The molecular weight excluding hydrogens is 422 g/mol. The molecule has 3 aromatic rings. The fraction of sp³-hybridized carbons (Fsp3) is 0.296. The Labute approximate surface area is 194 Å². The molecule has 1 fully saturated rings. The number of ether oxygens (including phenoxy) is 1. The van der Waals surface area contributed by atoms with E-state index in [9.17, 15) is 9.90 Å². The lowest BCUT2D eigenvalue weighted by atomic mass is 9.84. The molecule has 3 aromatic carbocycles. The molecule has 0 aromatic heterocycles. The minimum Gasteiger partial charge on any atom is -0.462 e. The topological polar surface area (TPSA) is 49.8 Å². The highest BCUT2D eigenvalue weighted by Crippen LogP contribution is 2.37. The highest BCUT2D eigenvalue weighted by Gasteiger charge is 2.28. The van der Waals surface area contributed by atoms with Crippen LogP contribution in [-0.2, 0) is 4.74 Å². The lowest BCUT2D eigenvalue weighted by Crippen LogP contribution is -2.35. The molecule has 0 aliphatic carbocycles. The average Bonchev–Trinajstić information content (AvgIpc) is 2.84. The van der Waals surface area contributed by atoms with Crippen molar-refractivity contribution < 1.29 is 14.6 Å². The number of aliphatic hydroxyl groups excluding tert-OH is 1. The van der Waals surface area contributed by atoms with E-state index >= 15 is 0 Å². The molecule has 1 aliphatic heterocycles. The molecule has 0 bridgehead atoms. The van der Waals surface area contributed by atoms with Crippen molar-refractivity contribution in [1.82, 2.24) is 0 Å². The van der Waals surface area contributed by atoms with Gasteiger partial charge in [-0.1, -0.05) is 48.0 Å². The summed E-state index contributed by atoms with van der Waals surface area (Å²) in [5.74, 6) is -0.0984. The fourth-order valence-electron chi connectivity index (χ4n) is 4.40. The van der Waals surface area contributed by atoms with Crippen molar-refractivity contribution in [3.8, 4) is 11.1 Å². The van der Waals surface area contributed by atoms with E-state index in [1.807, 2.05) is 66.7 Å². The van der Waals surface area contributed by atoms with Gasteiger partial charge in [-0.25, -0.2) is 4.79 Å². The van der Waals surface area contributed by atoms with Crippen molar-refractivity contribution in [3.63, 3.8) is 0 Å². The monoisotopic (exact) mass is 449 g/mol. The van der Waals surface area contributed by atoms with Crippen LogP contribution in [0.3, 0.4) is 0 Å². The van der Waals surface area contributed by atoms with Crippen molar-refractivity contribution in [2.75, 3.05) is 24.6 Å². The van der Waals surface area contributed by atoms with Crippen molar-refractivity contribution in [2.24, 2.45) is 5.92 Å². The summed E-state index contributed by atoms with van der Waals surface area (Å²) < 4.78 is 5.06. The Kier molecular flexibility index (Phi) is 7.13. The zero-order valence-corrected chi connectivity index (χ0v) is 19.0. The number of hydrogen-bond acceptors (Lipinski definition) is 4. The number of benzene rings is 3. The predicted molar refractivity (Wildman–Crippen MR) is 129 cm³/mol. The van der Waals surface area contributed by atoms with Gasteiger partial charge in [-0.2, -0.15) is 0 Å². The van der Waals surface area contributed by atoms with Crippen molar-refractivity contribution in [3.05, 3.63) is 88.9 Å². The molecule has 1 unspecified atom stereocenters. The summed E-state index contributed by atoms with van der Waals surface area (Å²) in [5.41, 5.74) is 4.73. The van der Waals surface area contributed by atoms with Crippen molar-refractivity contribution in [2.45, 2.75) is 25.9 Å². The number of aliphatic hydroxyl groups is 1. The Morgan fingerprint density at radius 2 is 1.69 bits per heavy atom. The van der Waals surface area contributed by atoms with Crippen LogP contribution in [0.1, 0.15) is 41.8 Å². The molecule has 0 radical (unpaired) electrons. The van der Waals surface area contributed by atoms with Crippen LogP contribution < -0.4 is 4.90 Å². The normalized spacial score (nSPS) is 15.4. The number of carbonyl (C=O) groups excluding carboxylic acids is 1. The summed E-state index contributed by atoms with van der Waals surface area (Å²) in [5, 5.41) is 12.0. The molecule has 1 saturated heterocycles. The van der Waals surface area contributed by atoms with Crippen LogP contribution >= 0.6 is 11.6 Å². The van der Waals surface area contributed by atoms with Gasteiger partial charge in [-0.15, -0.1) is 0 Å². The van der Waals surface area contributed by atoms with E-state index in [0.29, 0.717) is 17.2 Å². The molecule has 0 saturated carbocycles. The fourth-order valence-corrected chi connectivity index (χ4v) is 4.52. The van der Waals surface area contributed by atoms with Gasteiger partial charge in [0.05, 0.1) is 18.3 Å². The molecule has 32 heavy (non-hydrogen) atoms.